The third-order valence-electron chi connectivity index (χ3n) is 7.56. The van der Waals surface area contributed by atoms with Crippen molar-refractivity contribution in [3.63, 3.8) is 0 Å². The molecule has 1 aromatic rings. The number of amides is 1. The molecule has 7 nitrogen and oxygen atoms in total. The maximum absolute atomic E-state index is 13.2. The first-order chi connectivity index (χ1) is 12.5. The van der Waals surface area contributed by atoms with Crippen LogP contribution < -0.4 is 5.32 Å². The van der Waals surface area contributed by atoms with E-state index in [-0.39, 0.29) is 22.4 Å². The molecule has 1 N–H and O–H groups in total. The first kappa shape index (κ1) is 16.7. The van der Waals surface area contributed by atoms with Crippen molar-refractivity contribution in [1.82, 2.24) is 25.5 Å². The summed E-state index contributed by atoms with van der Waals surface area (Å²) >= 11 is 0. The monoisotopic (exact) mass is 359 g/mol. The number of tetrazole rings is 1. The number of rotatable bonds is 5. The van der Waals surface area contributed by atoms with Gasteiger partial charge in [-0.3, -0.25) is 4.79 Å². The van der Waals surface area contributed by atoms with Crippen LogP contribution in [0.2, 0.25) is 0 Å². The van der Waals surface area contributed by atoms with Crippen LogP contribution in [0.15, 0.2) is 0 Å². The van der Waals surface area contributed by atoms with Crippen LogP contribution in [0.25, 0.3) is 0 Å². The fourth-order valence-corrected chi connectivity index (χ4v) is 6.77. The lowest BCUT2D eigenvalue weighted by atomic mass is 9.49. The number of hydrogen-bond acceptors (Lipinski definition) is 5. The van der Waals surface area contributed by atoms with Gasteiger partial charge in [-0.25, -0.2) is 0 Å². The molecule has 2 unspecified atom stereocenters. The number of carbonyl (C=O) groups is 1. The molecule has 7 heteroatoms. The van der Waals surface area contributed by atoms with E-state index in [1.807, 2.05) is 11.7 Å². The summed E-state index contributed by atoms with van der Waals surface area (Å²) in [6.45, 7) is 2.43. The molecule has 142 valence electrons. The molecule has 0 spiro atoms. The van der Waals surface area contributed by atoms with Gasteiger partial charge in [0, 0.05) is 12.6 Å². The number of ether oxygens (including phenoxy) is 1. The van der Waals surface area contributed by atoms with E-state index in [1.54, 1.807) is 7.11 Å². The van der Waals surface area contributed by atoms with Crippen LogP contribution in [0, 0.1) is 24.2 Å². The Morgan fingerprint density at radius 3 is 2.54 bits per heavy atom. The fraction of sp³-hybridized carbons (Fsp3) is 0.895. The van der Waals surface area contributed by atoms with Gasteiger partial charge in [-0.1, -0.05) is 6.42 Å². The van der Waals surface area contributed by atoms with E-state index in [9.17, 15) is 4.79 Å². The van der Waals surface area contributed by atoms with Crippen molar-refractivity contribution < 1.29 is 9.53 Å². The second-order valence-corrected chi connectivity index (χ2v) is 9.61. The summed E-state index contributed by atoms with van der Waals surface area (Å²) in [5.74, 6) is 2.25. The highest BCUT2D eigenvalue weighted by Crippen LogP contribution is 2.60. The highest BCUT2D eigenvalue weighted by Gasteiger charge is 2.61. The largest absolute Gasteiger partial charge is 0.384 e. The summed E-state index contributed by atoms with van der Waals surface area (Å²) in [4.78, 5) is 15.1. The van der Waals surface area contributed by atoms with Crippen LogP contribution in [-0.4, -0.2) is 45.4 Å². The summed E-state index contributed by atoms with van der Waals surface area (Å²) in [5.41, 5.74) is -0.459. The Morgan fingerprint density at radius 2 is 2.00 bits per heavy atom. The summed E-state index contributed by atoms with van der Waals surface area (Å²) < 4.78 is 5.39. The summed E-state index contributed by atoms with van der Waals surface area (Å²) in [7, 11) is 1.70. The van der Waals surface area contributed by atoms with Crippen molar-refractivity contribution in [2.45, 2.75) is 75.8 Å². The van der Waals surface area contributed by atoms with Crippen molar-refractivity contribution in [2.24, 2.45) is 17.3 Å². The average Bonchev–Trinajstić information content (AvgIpc) is 2.96. The van der Waals surface area contributed by atoms with Crippen molar-refractivity contribution in [2.75, 3.05) is 13.7 Å². The van der Waals surface area contributed by atoms with Crippen LogP contribution in [0.1, 0.15) is 63.6 Å². The Bertz CT molecular complexity index is 711. The lowest BCUT2D eigenvalue weighted by Crippen LogP contribution is -2.68. The van der Waals surface area contributed by atoms with E-state index in [0.717, 1.165) is 57.2 Å². The first-order valence-electron chi connectivity index (χ1n) is 10.1. The zero-order valence-electron chi connectivity index (χ0n) is 15.8. The third-order valence-corrected chi connectivity index (χ3v) is 7.56. The molecule has 1 aromatic heterocycles. The molecule has 4 atom stereocenters. The standard InChI is InChI=1S/C19H29N5O2/c1-13-21-23-24(22-13)19-9-14-6-15(10-19)8-18(7-14,11-19)20-16(25)17(12-26-2)4-3-5-17/h14-15H,3-12H2,1-2H3,(H,20,25)/t14-,15+,18?,19?. The van der Waals surface area contributed by atoms with Crippen molar-refractivity contribution in [1.29, 1.82) is 0 Å². The van der Waals surface area contributed by atoms with Gasteiger partial charge in [0.25, 0.3) is 0 Å². The van der Waals surface area contributed by atoms with Gasteiger partial charge in [-0.15, -0.1) is 10.2 Å². The molecule has 1 heterocycles. The minimum Gasteiger partial charge on any atom is -0.384 e. The van der Waals surface area contributed by atoms with Gasteiger partial charge in [0.05, 0.1) is 17.6 Å². The minimum absolute atomic E-state index is 0.0628. The van der Waals surface area contributed by atoms with Crippen molar-refractivity contribution in [3.8, 4) is 0 Å². The normalized spacial score (nSPS) is 39.6. The minimum atomic E-state index is -0.298. The number of aryl methyl sites for hydroxylation is 1. The Hall–Kier alpha value is -1.50. The SMILES string of the molecule is COCC1(C(=O)NC23C[C@H]4C[C@@H](C2)CC(n2nnc(C)n2)(C4)C3)CCC1. The van der Waals surface area contributed by atoms with Crippen LogP contribution >= 0.6 is 0 Å². The zero-order valence-corrected chi connectivity index (χ0v) is 15.8. The number of hydrogen-bond donors (Lipinski definition) is 1. The molecule has 4 bridgehead atoms. The predicted octanol–water partition coefficient (Wildman–Crippen LogP) is 1.96. The molecular weight excluding hydrogens is 330 g/mol. The Labute approximate surface area is 154 Å². The van der Waals surface area contributed by atoms with Gasteiger partial charge in [-0.05, 0) is 75.3 Å². The van der Waals surface area contributed by atoms with Gasteiger partial charge >= 0.3 is 0 Å². The molecule has 0 aliphatic heterocycles. The van der Waals surface area contributed by atoms with Crippen LogP contribution in [-0.2, 0) is 15.1 Å². The molecule has 0 saturated heterocycles. The summed E-state index contributed by atoms with van der Waals surface area (Å²) in [5, 5.41) is 16.6. The Balaban J connectivity index is 1.43. The van der Waals surface area contributed by atoms with Crippen molar-refractivity contribution >= 4 is 5.91 Å². The number of nitrogens with one attached hydrogen (secondary N) is 1. The van der Waals surface area contributed by atoms with Gasteiger partial charge in [0.2, 0.25) is 5.91 Å². The topological polar surface area (TPSA) is 81.9 Å². The average molecular weight is 359 g/mol. The quantitative estimate of drug-likeness (QED) is 0.869. The highest BCUT2D eigenvalue weighted by atomic mass is 16.5. The van der Waals surface area contributed by atoms with Gasteiger partial charge in [-0.2, -0.15) is 4.80 Å². The van der Waals surface area contributed by atoms with E-state index in [2.05, 4.69) is 20.7 Å². The Morgan fingerprint density at radius 1 is 1.27 bits per heavy atom. The first-order valence-corrected chi connectivity index (χ1v) is 10.1. The van der Waals surface area contributed by atoms with Crippen LogP contribution in [0.5, 0.6) is 0 Å². The molecule has 0 aromatic carbocycles. The maximum atomic E-state index is 13.2. The van der Waals surface area contributed by atoms with Gasteiger partial charge in [0.1, 0.15) is 0 Å². The van der Waals surface area contributed by atoms with Crippen LogP contribution in [0.3, 0.4) is 0 Å². The van der Waals surface area contributed by atoms with Crippen LogP contribution in [0.4, 0.5) is 0 Å². The molecular formula is C19H29N5O2. The third kappa shape index (κ3) is 2.35. The maximum Gasteiger partial charge on any atom is 0.228 e. The lowest BCUT2D eigenvalue weighted by molar-refractivity contribution is -0.149. The van der Waals surface area contributed by atoms with Crippen molar-refractivity contribution in [3.05, 3.63) is 5.82 Å². The molecule has 5 fully saturated rings. The summed E-state index contributed by atoms with van der Waals surface area (Å²) in [6.07, 6.45) is 9.71. The van der Waals surface area contributed by atoms with E-state index in [1.165, 1.54) is 6.42 Å². The lowest BCUT2D eigenvalue weighted by Gasteiger charge is -2.61. The molecule has 5 aliphatic rings. The van der Waals surface area contributed by atoms with Gasteiger partial charge < -0.3 is 10.1 Å². The fourth-order valence-electron chi connectivity index (χ4n) is 6.77. The number of nitrogens with zero attached hydrogens (tertiary/aromatic N) is 4. The Kier molecular flexibility index (Phi) is 3.53. The second kappa shape index (κ2) is 5.50. The smallest absolute Gasteiger partial charge is 0.228 e. The molecule has 1 amide bonds. The molecule has 5 saturated carbocycles. The predicted molar refractivity (Wildman–Crippen MR) is 94.2 cm³/mol. The second-order valence-electron chi connectivity index (χ2n) is 9.61. The number of carbonyl (C=O) groups excluding carboxylic acids is 1. The highest BCUT2D eigenvalue weighted by molar-refractivity contribution is 5.84. The van der Waals surface area contributed by atoms with E-state index < -0.39 is 0 Å². The van der Waals surface area contributed by atoms with E-state index >= 15 is 0 Å². The molecule has 0 radical (unpaired) electrons. The number of methoxy groups -OCH3 is 1. The van der Waals surface area contributed by atoms with E-state index in [0.29, 0.717) is 18.4 Å². The molecule has 26 heavy (non-hydrogen) atoms. The number of aromatic nitrogens is 4. The zero-order chi connectivity index (χ0) is 18.0. The summed E-state index contributed by atoms with van der Waals surface area (Å²) in [6, 6.07) is 0. The molecule has 5 aliphatic carbocycles. The van der Waals surface area contributed by atoms with Gasteiger partial charge in [0.15, 0.2) is 5.82 Å². The van der Waals surface area contributed by atoms with E-state index in [4.69, 9.17) is 4.74 Å². The molecule has 6 rings (SSSR count).